The van der Waals surface area contributed by atoms with Crippen LogP contribution in [-0.2, 0) is 5.54 Å². The van der Waals surface area contributed by atoms with Crippen molar-refractivity contribution in [1.82, 2.24) is 4.98 Å². The molecule has 0 unspecified atom stereocenters. The van der Waals surface area contributed by atoms with Crippen molar-refractivity contribution < 1.29 is 13.9 Å². The van der Waals surface area contributed by atoms with Crippen LogP contribution in [0.5, 0.6) is 5.75 Å². The number of pyridine rings is 1. The Morgan fingerprint density at radius 2 is 2.19 bits per heavy atom. The van der Waals surface area contributed by atoms with Crippen molar-refractivity contribution in [1.29, 1.82) is 0 Å². The second-order valence-electron chi connectivity index (χ2n) is 6.51. The van der Waals surface area contributed by atoms with Crippen LogP contribution in [0, 0.1) is 12.7 Å². The Morgan fingerprint density at radius 1 is 1.41 bits per heavy atom. The van der Waals surface area contributed by atoms with E-state index in [-0.39, 0.29) is 17.4 Å². The lowest BCUT2D eigenvalue weighted by Gasteiger charge is -2.30. The molecule has 1 aliphatic heterocycles. The summed E-state index contributed by atoms with van der Waals surface area (Å²) in [6.07, 6.45) is 2.14. The van der Waals surface area contributed by atoms with E-state index in [0.29, 0.717) is 34.2 Å². The maximum absolute atomic E-state index is 14.5. The minimum atomic E-state index is -0.756. The van der Waals surface area contributed by atoms with Gasteiger partial charge in [0, 0.05) is 17.0 Å². The number of rotatable bonds is 4. The van der Waals surface area contributed by atoms with E-state index in [2.05, 4.69) is 15.3 Å². The third-order valence-corrected chi connectivity index (χ3v) is 5.30. The number of methoxy groups -OCH3 is 1. The molecule has 0 spiro atoms. The molecule has 1 aromatic heterocycles. The average molecular weight is 388 g/mol. The zero-order valence-corrected chi connectivity index (χ0v) is 16.2. The van der Waals surface area contributed by atoms with Crippen LogP contribution in [-0.4, -0.2) is 28.9 Å². The van der Waals surface area contributed by atoms with Crippen molar-refractivity contribution in [2.24, 2.45) is 10.7 Å². The van der Waals surface area contributed by atoms with Gasteiger partial charge in [0.2, 0.25) is 0 Å². The van der Waals surface area contributed by atoms with E-state index in [9.17, 15) is 9.18 Å². The topological polar surface area (TPSA) is 89.6 Å². The highest BCUT2D eigenvalue weighted by atomic mass is 32.2. The van der Waals surface area contributed by atoms with Gasteiger partial charge >= 0.3 is 0 Å². The monoisotopic (exact) mass is 388 g/mol. The second-order valence-corrected chi connectivity index (χ2v) is 7.63. The van der Waals surface area contributed by atoms with Gasteiger partial charge in [-0.25, -0.2) is 9.37 Å². The van der Waals surface area contributed by atoms with Crippen LogP contribution in [0.15, 0.2) is 35.5 Å². The number of anilines is 1. The molecule has 0 bridgehead atoms. The summed E-state index contributed by atoms with van der Waals surface area (Å²) in [6, 6.07) is 6.19. The molecule has 0 fully saturated rings. The predicted octanol–water partition coefficient (Wildman–Crippen LogP) is 3.46. The fraction of sp³-hybridized carbons (Fsp3) is 0.316. The van der Waals surface area contributed by atoms with Crippen molar-refractivity contribution in [2.45, 2.75) is 25.8 Å². The van der Waals surface area contributed by atoms with Crippen LogP contribution in [0.25, 0.3) is 0 Å². The number of thioether (sulfide) groups is 1. The van der Waals surface area contributed by atoms with E-state index in [1.165, 1.54) is 37.2 Å². The first-order chi connectivity index (χ1) is 12.8. The van der Waals surface area contributed by atoms with Crippen molar-refractivity contribution in [2.75, 3.05) is 18.2 Å². The standard InChI is InChI=1S/C19H21FN4O2S/c1-11-8-13(26-3)10-22-16(11)17(25)23-12-4-5-15(20)14(9-12)19(2)6-7-27-18(21)24-19/h4-5,8-10H,6-7H2,1-3H3,(H2,21,24)(H,23,25)/t19-/m0/s1. The van der Waals surface area contributed by atoms with Gasteiger partial charge in [0.1, 0.15) is 17.3 Å². The molecule has 0 saturated carbocycles. The number of nitrogens with zero attached hydrogens (tertiary/aromatic N) is 2. The molecule has 3 N–H and O–H groups in total. The van der Waals surface area contributed by atoms with Crippen molar-refractivity contribution >= 4 is 28.5 Å². The zero-order chi connectivity index (χ0) is 19.6. The maximum atomic E-state index is 14.5. The van der Waals surface area contributed by atoms with E-state index in [0.717, 1.165) is 5.75 Å². The molecule has 142 valence electrons. The minimum Gasteiger partial charge on any atom is -0.495 e. The number of hydrogen-bond acceptors (Lipinski definition) is 6. The smallest absolute Gasteiger partial charge is 0.274 e. The van der Waals surface area contributed by atoms with Gasteiger partial charge in [0.15, 0.2) is 5.17 Å². The van der Waals surface area contributed by atoms with Gasteiger partial charge in [-0.1, -0.05) is 11.8 Å². The van der Waals surface area contributed by atoms with Crippen molar-refractivity contribution in [3.05, 3.63) is 53.1 Å². The van der Waals surface area contributed by atoms with Gasteiger partial charge in [0.05, 0.1) is 18.8 Å². The number of halogens is 1. The third kappa shape index (κ3) is 4.05. The van der Waals surface area contributed by atoms with E-state index < -0.39 is 5.54 Å². The SMILES string of the molecule is COc1cnc(C(=O)Nc2ccc(F)c([C@]3(C)CCSC(N)=N3)c2)c(C)c1. The highest BCUT2D eigenvalue weighted by Crippen LogP contribution is 2.37. The first kappa shape index (κ1) is 19.2. The fourth-order valence-electron chi connectivity index (χ4n) is 2.99. The molecule has 1 atom stereocenters. The van der Waals surface area contributed by atoms with E-state index >= 15 is 0 Å². The Hall–Kier alpha value is -2.61. The Balaban J connectivity index is 1.88. The quantitative estimate of drug-likeness (QED) is 0.837. The fourth-order valence-corrected chi connectivity index (χ4v) is 3.96. The van der Waals surface area contributed by atoms with Crippen LogP contribution in [0.2, 0.25) is 0 Å². The summed E-state index contributed by atoms with van der Waals surface area (Å²) in [5.41, 5.74) is 6.92. The summed E-state index contributed by atoms with van der Waals surface area (Å²) in [5.74, 6) is 0.584. The molecule has 1 amide bonds. The molecule has 3 rings (SSSR count). The normalized spacial score (nSPS) is 19.3. The number of aliphatic imine (C=N–C) groups is 1. The number of ether oxygens (including phenoxy) is 1. The van der Waals surface area contributed by atoms with Crippen LogP contribution < -0.4 is 15.8 Å². The lowest BCUT2D eigenvalue weighted by Crippen LogP contribution is -2.30. The van der Waals surface area contributed by atoms with Gasteiger partial charge in [-0.2, -0.15) is 0 Å². The molecular weight excluding hydrogens is 367 g/mol. The largest absolute Gasteiger partial charge is 0.495 e. The Labute approximate surface area is 161 Å². The number of carbonyl (C=O) groups excluding carboxylic acids is 1. The molecule has 0 aliphatic carbocycles. The molecule has 8 heteroatoms. The highest BCUT2D eigenvalue weighted by molar-refractivity contribution is 8.13. The van der Waals surface area contributed by atoms with Gasteiger partial charge < -0.3 is 15.8 Å². The summed E-state index contributed by atoms with van der Waals surface area (Å²) in [4.78, 5) is 21.2. The number of aryl methyl sites for hydroxylation is 1. The molecule has 0 saturated heterocycles. The molecule has 1 aromatic carbocycles. The van der Waals surface area contributed by atoms with Crippen LogP contribution in [0.4, 0.5) is 10.1 Å². The molecule has 6 nitrogen and oxygen atoms in total. The van der Waals surface area contributed by atoms with Gasteiger partial charge in [-0.15, -0.1) is 0 Å². The molecule has 27 heavy (non-hydrogen) atoms. The average Bonchev–Trinajstić information content (AvgIpc) is 2.62. The summed E-state index contributed by atoms with van der Waals surface area (Å²) in [5, 5.41) is 3.22. The van der Waals surface area contributed by atoms with Gasteiger partial charge in [-0.3, -0.25) is 9.79 Å². The Bertz CT molecular complexity index is 919. The summed E-state index contributed by atoms with van der Waals surface area (Å²) < 4.78 is 19.6. The van der Waals surface area contributed by atoms with Gasteiger partial charge in [0.25, 0.3) is 5.91 Å². The minimum absolute atomic E-state index is 0.282. The van der Waals surface area contributed by atoms with Crippen LogP contribution in [0.1, 0.15) is 35.0 Å². The number of amidine groups is 1. The number of carbonyl (C=O) groups is 1. The van der Waals surface area contributed by atoms with Gasteiger partial charge in [-0.05, 0) is 50.1 Å². The Kier molecular flexibility index (Phi) is 5.36. The summed E-state index contributed by atoms with van der Waals surface area (Å²) in [6.45, 7) is 3.62. The molecule has 2 heterocycles. The van der Waals surface area contributed by atoms with E-state index in [1.54, 1.807) is 19.1 Å². The van der Waals surface area contributed by atoms with Crippen LogP contribution in [0.3, 0.4) is 0 Å². The second kappa shape index (κ2) is 7.56. The van der Waals surface area contributed by atoms with E-state index in [1.807, 2.05) is 6.92 Å². The predicted molar refractivity (Wildman–Crippen MR) is 106 cm³/mol. The number of nitrogens with one attached hydrogen (secondary N) is 1. The van der Waals surface area contributed by atoms with Crippen molar-refractivity contribution in [3.8, 4) is 5.75 Å². The first-order valence-electron chi connectivity index (χ1n) is 8.42. The third-order valence-electron chi connectivity index (χ3n) is 4.50. The zero-order valence-electron chi connectivity index (χ0n) is 15.4. The maximum Gasteiger partial charge on any atom is 0.274 e. The molecule has 2 aromatic rings. The molecule has 1 aliphatic rings. The highest BCUT2D eigenvalue weighted by Gasteiger charge is 2.32. The van der Waals surface area contributed by atoms with E-state index in [4.69, 9.17) is 10.5 Å². The number of amides is 1. The number of aromatic nitrogens is 1. The lowest BCUT2D eigenvalue weighted by atomic mass is 9.89. The van der Waals surface area contributed by atoms with Crippen LogP contribution >= 0.6 is 11.8 Å². The number of nitrogens with two attached hydrogens (primary N) is 1. The Morgan fingerprint density at radius 3 is 2.85 bits per heavy atom. The number of benzene rings is 1. The first-order valence-corrected chi connectivity index (χ1v) is 9.41. The number of hydrogen-bond donors (Lipinski definition) is 2. The summed E-state index contributed by atoms with van der Waals surface area (Å²) in [7, 11) is 1.54. The molecular formula is C19H21FN4O2S. The molecule has 0 radical (unpaired) electrons. The lowest BCUT2D eigenvalue weighted by molar-refractivity contribution is 0.102. The summed E-state index contributed by atoms with van der Waals surface area (Å²) >= 11 is 1.45. The van der Waals surface area contributed by atoms with Crippen molar-refractivity contribution in [3.63, 3.8) is 0 Å².